The Morgan fingerprint density at radius 3 is 2.94 bits per heavy atom. The standard InChI is InChI=1S/C14H20N2OS/c1-11(2)5-4-10-16-14(17)13-8-7-12(18-13)6-3-9-15/h7-8,11H,4-5,9-10,15H2,1-2H3,(H,16,17). The summed E-state index contributed by atoms with van der Waals surface area (Å²) >= 11 is 1.40. The van der Waals surface area contributed by atoms with Crippen LogP contribution in [0.4, 0.5) is 0 Å². The quantitative estimate of drug-likeness (QED) is 0.633. The van der Waals surface area contributed by atoms with E-state index in [0.717, 1.165) is 24.3 Å². The van der Waals surface area contributed by atoms with Crippen LogP contribution < -0.4 is 11.1 Å². The van der Waals surface area contributed by atoms with Crippen molar-refractivity contribution in [1.82, 2.24) is 5.32 Å². The first kappa shape index (κ1) is 14.7. The van der Waals surface area contributed by atoms with Crippen molar-refractivity contribution in [3.8, 4) is 11.8 Å². The molecule has 4 heteroatoms. The van der Waals surface area contributed by atoms with E-state index < -0.39 is 0 Å². The molecule has 3 nitrogen and oxygen atoms in total. The van der Waals surface area contributed by atoms with E-state index in [4.69, 9.17) is 5.73 Å². The second-order valence-corrected chi connectivity index (χ2v) is 5.55. The Balaban J connectivity index is 2.40. The van der Waals surface area contributed by atoms with Crippen molar-refractivity contribution in [1.29, 1.82) is 0 Å². The van der Waals surface area contributed by atoms with Crippen molar-refractivity contribution < 1.29 is 4.79 Å². The van der Waals surface area contributed by atoms with E-state index in [-0.39, 0.29) is 5.91 Å². The highest BCUT2D eigenvalue weighted by Crippen LogP contribution is 2.15. The number of amides is 1. The molecule has 98 valence electrons. The third kappa shape index (κ3) is 5.35. The zero-order valence-corrected chi connectivity index (χ0v) is 11.8. The largest absolute Gasteiger partial charge is 0.351 e. The molecule has 1 amide bonds. The fourth-order valence-corrected chi connectivity index (χ4v) is 2.26. The fourth-order valence-electron chi connectivity index (χ4n) is 1.46. The van der Waals surface area contributed by atoms with Gasteiger partial charge in [-0.1, -0.05) is 25.7 Å². The lowest BCUT2D eigenvalue weighted by atomic mass is 10.1. The molecule has 0 aliphatic carbocycles. The molecule has 0 unspecified atom stereocenters. The van der Waals surface area contributed by atoms with Gasteiger partial charge in [0.1, 0.15) is 0 Å². The van der Waals surface area contributed by atoms with Gasteiger partial charge in [0.25, 0.3) is 5.91 Å². The van der Waals surface area contributed by atoms with Crippen LogP contribution in [-0.4, -0.2) is 19.0 Å². The normalized spacial score (nSPS) is 10.0. The maximum absolute atomic E-state index is 11.8. The predicted molar refractivity (Wildman–Crippen MR) is 76.7 cm³/mol. The minimum absolute atomic E-state index is 0.00967. The van der Waals surface area contributed by atoms with Crippen molar-refractivity contribution >= 4 is 17.2 Å². The molecule has 0 radical (unpaired) electrons. The summed E-state index contributed by atoms with van der Waals surface area (Å²) < 4.78 is 0. The van der Waals surface area contributed by atoms with Crippen molar-refractivity contribution in [3.05, 3.63) is 21.9 Å². The van der Waals surface area contributed by atoms with E-state index in [1.54, 1.807) is 0 Å². The molecule has 1 rings (SSSR count). The van der Waals surface area contributed by atoms with Crippen molar-refractivity contribution in [3.63, 3.8) is 0 Å². The van der Waals surface area contributed by atoms with Crippen LogP contribution in [0.15, 0.2) is 12.1 Å². The van der Waals surface area contributed by atoms with Gasteiger partial charge in [0, 0.05) is 6.54 Å². The molecule has 1 heterocycles. The number of carbonyl (C=O) groups is 1. The molecule has 0 fully saturated rings. The molecular formula is C14H20N2OS. The molecule has 1 aromatic heterocycles. The van der Waals surface area contributed by atoms with Crippen LogP contribution in [0.5, 0.6) is 0 Å². The van der Waals surface area contributed by atoms with Gasteiger partial charge in [0.15, 0.2) is 0 Å². The minimum Gasteiger partial charge on any atom is -0.351 e. The third-order valence-corrected chi connectivity index (χ3v) is 3.39. The maximum atomic E-state index is 11.8. The van der Waals surface area contributed by atoms with Gasteiger partial charge in [-0.25, -0.2) is 0 Å². The molecule has 3 N–H and O–H groups in total. The van der Waals surface area contributed by atoms with Crippen LogP contribution in [0.2, 0.25) is 0 Å². The van der Waals surface area contributed by atoms with Gasteiger partial charge in [-0.2, -0.15) is 0 Å². The van der Waals surface area contributed by atoms with E-state index >= 15 is 0 Å². The van der Waals surface area contributed by atoms with E-state index in [2.05, 4.69) is 31.0 Å². The Labute approximate surface area is 113 Å². The molecule has 0 aliphatic heterocycles. The summed E-state index contributed by atoms with van der Waals surface area (Å²) in [5, 5.41) is 2.92. The molecular weight excluding hydrogens is 244 g/mol. The second-order valence-electron chi connectivity index (χ2n) is 4.46. The van der Waals surface area contributed by atoms with Crippen molar-refractivity contribution in [2.45, 2.75) is 26.7 Å². The van der Waals surface area contributed by atoms with Crippen LogP contribution in [0.1, 0.15) is 41.2 Å². The lowest BCUT2D eigenvalue weighted by Gasteiger charge is -2.05. The molecule has 0 aromatic carbocycles. The number of rotatable bonds is 5. The lowest BCUT2D eigenvalue weighted by Crippen LogP contribution is -2.23. The summed E-state index contributed by atoms with van der Waals surface area (Å²) in [6, 6.07) is 3.67. The average Bonchev–Trinajstić information content (AvgIpc) is 2.80. The van der Waals surface area contributed by atoms with Crippen LogP contribution in [-0.2, 0) is 0 Å². The van der Waals surface area contributed by atoms with E-state index in [9.17, 15) is 4.79 Å². The number of nitrogens with two attached hydrogens (primary N) is 1. The summed E-state index contributed by atoms with van der Waals surface area (Å²) in [4.78, 5) is 13.4. The Morgan fingerprint density at radius 1 is 1.50 bits per heavy atom. The summed E-state index contributed by atoms with van der Waals surface area (Å²) in [5.41, 5.74) is 5.30. The molecule has 0 bridgehead atoms. The second kappa shape index (κ2) is 7.91. The Morgan fingerprint density at radius 2 is 2.28 bits per heavy atom. The SMILES string of the molecule is CC(C)CCCNC(=O)c1ccc(C#CCN)s1. The van der Waals surface area contributed by atoms with Gasteiger partial charge in [0.05, 0.1) is 16.3 Å². The van der Waals surface area contributed by atoms with Crippen LogP contribution in [0.25, 0.3) is 0 Å². The van der Waals surface area contributed by atoms with Gasteiger partial charge in [-0.15, -0.1) is 11.3 Å². The first-order chi connectivity index (χ1) is 8.63. The number of carbonyl (C=O) groups excluding carboxylic acids is 1. The Kier molecular flexibility index (Phi) is 6.48. The highest BCUT2D eigenvalue weighted by molar-refractivity contribution is 7.14. The lowest BCUT2D eigenvalue weighted by molar-refractivity contribution is 0.0956. The molecule has 1 aromatic rings. The molecule has 18 heavy (non-hydrogen) atoms. The van der Waals surface area contributed by atoms with Crippen molar-refractivity contribution in [2.75, 3.05) is 13.1 Å². The third-order valence-electron chi connectivity index (χ3n) is 2.39. The topological polar surface area (TPSA) is 55.1 Å². The number of hydrogen-bond acceptors (Lipinski definition) is 3. The van der Waals surface area contributed by atoms with Gasteiger partial charge >= 0.3 is 0 Å². The van der Waals surface area contributed by atoms with Crippen LogP contribution >= 0.6 is 11.3 Å². The van der Waals surface area contributed by atoms with E-state index in [0.29, 0.717) is 17.3 Å². The smallest absolute Gasteiger partial charge is 0.261 e. The summed E-state index contributed by atoms with van der Waals surface area (Å²) in [5.74, 6) is 6.38. The first-order valence-corrected chi connectivity index (χ1v) is 7.02. The molecule has 0 saturated heterocycles. The molecule has 0 aliphatic rings. The Hall–Kier alpha value is -1.31. The van der Waals surface area contributed by atoms with E-state index in [1.165, 1.54) is 11.3 Å². The summed E-state index contributed by atoms with van der Waals surface area (Å²) in [6.07, 6.45) is 2.16. The van der Waals surface area contributed by atoms with E-state index in [1.807, 2.05) is 12.1 Å². The number of hydrogen-bond donors (Lipinski definition) is 2. The van der Waals surface area contributed by atoms with Gasteiger partial charge in [0.2, 0.25) is 0 Å². The van der Waals surface area contributed by atoms with Gasteiger partial charge in [-0.05, 0) is 30.9 Å². The predicted octanol–water partition coefficient (Wildman–Crippen LogP) is 2.22. The summed E-state index contributed by atoms with van der Waals surface area (Å²) in [6.45, 7) is 5.44. The van der Waals surface area contributed by atoms with Crippen molar-refractivity contribution in [2.24, 2.45) is 11.7 Å². The monoisotopic (exact) mass is 264 g/mol. The molecule has 0 atom stereocenters. The highest BCUT2D eigenvalue weighted by Gasteiger charge is 2.07. The number of thiophene rings is 1. The average molecular weight is 264 g/mol. The van der Waals surface area contributed by atoms with Crippen LogP contribution in [0.3, 0.4) is 0 Å². The Bertz CT molecular complexity index is 440. The van der Waals surface area contributed by atoms with Gasteiger partial charge in [-0.3, -0.25) is 4.79 Å². The fraction of sp³-hybridized carbons (Fsp3) is 0.500. The molecule has 0 spiro atoms. The molecule has 0 saturated carbocycles. The summed E-state index contributed by atoms with van der Waals surface area (Å²) in [7, 11) is 0. The van der Waals surface area contributed by atoms with Crippen LogP contribution in [0, 0.1) is 17.8 Å². The zero-order chi connectivity index (χ0) is 13.4. The maximum Gasteiger partial charge on any atom is 0.261 e. The number of nitrogens with one attached hydrogen (secondary N) is 1. The zero-order valence-electron chi connectivity index (χ0n) is 11.0. The first-order valence-electron chi connectivity index (χ1n) is 6.20. The minimum atomic E-state index is -0.00967. The highest BCUT2D eigenvalue weighted by atomic mass is 32.1. The van der Waals surface area contributed by atoms with Gasteiger partial charge < -0.3 is 11.1 Å².